The van der Waals surface area contributed by atoms with Gasteiger partial charge in [-0.25, -0.2) is 4.98 Å². The number of nitrogens with one attached hydrogen (secondary N) is 1. The van der Waals surface area contributed by atoms with Crippen LogP contribution < -0.4 is 0 Å². The summed E-state index contributed by atoms with van der Waals surface area (Å²) < 4.78 is 0. The molecule has 0 spiro atoms. The number of imidazole rings is 1. The van der Waals surface area contributed by atoms with Crippen LogP contribution >= 0.6 is 0 Å². The van der Waals surface area contributed by atoms with E-state index in [1.807, 2.05) is 6.20 Å². The summed E-state index contributed by atoms with van der Waals surface area (Å²) >= 11 is 0. The SMILES string of the molecule is BN1CCC[C@H]1c1nc(-c2ccc(C3CC(C(=O)O)C3)cc2)c[nH]1. The molecule has 2 fully saturated rings. The van der Waals surface area contributed by atoms with Crippen LogP contribution in [0.1, 0.15) is 49.0 Å². The number of carbonyl (C=O) groups is 1. The van der Waals surface area contributed by atoms with Crippen molar-refractivity contribution in [1.29, 1.82) is 0 Å². The molecule has 2 heterocycles. The number of carboxylic acid groups (broad SMARTS) is 1. The first-order valence-electron chi connectivity index (χ1n) is 8.70. The van der Waals surface area contributed by atoms with Gasteiger partial charge in [0.2, 0.25) is 0 Å². The van der Waals surface area contributed by atoms with E-state index in [9.17, 15) is 4.79 Å². The van der Waals surface area contributed by atoms with E-state index in [4.69, 9.17) is 10.1 Å². The summed E-state index contributed by atoms with van der Waals surface area (Å²) in [5, 5.41) is 8.99. The zero-order chi connectivity index (χ0) is 16.7. The molecule has 0 amide bonds. The lowest BCUT2D eigenvalue weighted by molar-refractivity contribution is -0.145. The van der Waals surface area contributed by atoms with E-state index < -0.39 is 5.97 Å². The average molecular weight is 323 g/mol. The Morgan fingerprint density at radius 3 is 2.67 bits per heavy atom. The Balaban J connectivity index is 1.46. The predicted molar refractivity (Wildman–Crippen MR) is 94.3 cm³/mol. The number of hydrogen-bond donors (Lipinski definition) is 2. The van der Waals surface area contributed by atoms with Crippen molar-refractivity contribution in [2.45, 2.75) is 37.6 Å². The van der Waals surface area contributed by atoms with Crippen LogP contribution in [-0.4, -0.2) is 40.4 Å². The Morgan fingerprint density at radius 2 is 2.04 bits per heavy atom. The van der Waals surface area contributed by atoms with E-state index in [1.54, 1.807) is 0 Å². The van der Waals surface area contributed by atoms with Crippen LogP contribution in [0.15, 0.2) is 30.5 Å². The van der Waals surface area contributed by atoms with Gasteiger partial charge >= 0.3 is 5.97 Å². The molecule has 24 heavy (non-hydrogen) atoms. The van der Waals surface area contributed by atoms with Crippen molar-refractivity contribution < 1.29 is 9.90 Å². The smallest absolute Gasteiger partial charge is 0.306 e. The second kappa shape index (κ2) is 6.09. The van der Waals surface area contributed by atoms with E-state index in [1.165, 1.54) is 12.0 Å². The summed E-state index contributed by atoms with van der Waals surface area (Å²) in [6.45, 7) is 1.13. The van der Waals surface area contributed by atoms with Crippen LogP contribution in [0, 0.1) is 5.92 Å². The van der Waals surface area contributed by atoms with Gasteiger partial charge in [0.05, 0.1) is 17.7 Å². The largest absolute Gasteiger partial charge is 0.481 e. The Hall–Kier alpha value is -2.08. The van der Waals surface area contributed by atoms with Crippen molar-refractivity contribution in [1.82, 2.24) is 14.8 Å². The number of aromatic nitrogens is 2. The summed E-state index contributed by atoms with van der Waals surface area (Å²) in [6, 6.07) is 8.84. The molecule has 1 saturated carbocycles. The second-order valence-corrected chi connectivity index (χ2v) is 7.14. The molecular formula is C18H22BN3O2. The number of aliphatic carboxylic acids is 1. The number of hydrogen-bond acceptors (Lipinski definition) is 3. The molecule has 1 saturated heterocycles. The van der Waals surface area contributed by atoms with E-state index in [0.717, 1.165) is 42.9 Å². The van der Waals surface area contributed by atoms with E-state index >= 15 is 0 Å². The maximum atomic E-state index is 10.9. The molecule has 0 unspecified atom stereocenters. The molecule has 2 aromatic rings. The van der Waals surface area contributed by atoms with Gasteiger partial charge in [0, 0.05) is 11.8 Å². The van der Waals surface area contributed by atoms with E-state index in [2.05, 4.69) is 42.0 Å². The molecule has 6 heteroatoms. The highest BCUT2D eigenvalue weighted by molar-refractivity contribution is 6.04. The molecule has 1 aromatic heterocycles. The fourth-order valence-electron chi connectivity index (χ4n) is 3.93. The van der Waals surface area contributed by atoms with Gasteiger partial charge in [-0.2, -0.15) is 0 Å². The molecule has 4 rings (SSSR count). The minimum absolute atomic E-state index is 0.160. The van der Waals surface area contributed by atoms with Crippen LogP contribution in [0.4, 0.5) is 0 Å². The van der Waals surface area contributed by atoms with Gasteiger partial charge in [0.1, 0.15) is 5.82 Å². The van der Waals surface area contributed by atoms with E-state index in [0.29, 0.717) is 12.0 Å². The molecule has 2 N–H and O–H groups in total. The van der Waals surface area contributed by atoms with Gasteiger partial charge in [-0.1, -0.05) is 24.3 Å². The molecular weight excluding hydrogens is 301 g/mol. The lowest BCUT2D eigenvalue weighted by Crippen LogP contribution is -2.28. The third kappa shape index (κ3) is 2.75. The first kappa shape index (κ1) is 15.5. The summed E-state index contributed by atoms with van der Waals surface area (Å²) in [7, 11) is 2.15. The molecule has 1 aromatic carbocycles. The first-order valence-corrected chi connectivity index (χ1v) is 8.70. The number of H-pyrrole nitrogens is 1. The standard InChI is InChI=1S/C18H22BN3O2/c19-22-7-1-2-16(22)17-20-10-15(21-17)12-5-3-11(4-6-12)13-8-14(9-13)18(23)24/h3-6,10,13-14,16H,1-2,7-9,19H2,(H,20,21)(H,23,24)/t13?,14?,16-/m0/s1. The lowest BCUT2D eigenvalue weighted by Gasteiger charge is -2.32. The summed E-state index contributed by atoms with van der Waals surface area (Å²) in [4.78, 5) is 21.4. The van der Waals surface area contributed by atoms with Gasteiger partial charge in [-0.15, -0.1) is 0 Å². The maximum absolute atomic E-state index is 10.9. The van der Waals surface area contributed by atoms with Gasteiger partial charge in [0.25, 0.3) is 0 Å². The van der Waals surface area contributed by atoms with E-state index in [-0.39, 0.29) is 5.92 Å². The van der Waals surface area contributed by atoms with Crippen LogP contribution in [0.2, 0.25) is 0 Å². The lowest BCUT2D eigenvalue weighted by atomic mass is 9.71. The Labute approximate surface area is 142 Å². The number of aromatic amines is 1. The highest BCUT2D eigenvalue weighted by atomic mass is 16.4. The average Bonchev–Trinajstić information content (AvgIpc) is 3.14. The summed E-state index contributed by atoms with van der Waals surface area (Å²) in [5.41, 5.74) is 3.33. The number of benzene rings is 1. The number of rotatable bonds is 4. The normalized spacial score (nSPS) is 27.1. The van der Waals surface area contributed by atoms with Crippen molar-refractivity contribution in [3.63, 3.8) is 0 Å². The molecule has 0 radical (unpaired) electrons. The molecule has 1 atom stereocenters. The van der Waals surface area contributed by atoms with Crippen molar-refractivity contribution in [3.05, 3.63) is 41.9 Å². The zero-order valence-electron chi connectivity index (χ0n) is 13.9. The van der Waals surface area contributed by atoms with Crippen LogP contribution in [0.25, 0.3) is 11.3 Å². The fourth-order valence-corrected chi connectivity index (χ4v) is 3.93. The van der Waals surface area contributed by atoms with Gasteiger partial charge in [-0.05, 0) is 43.7 Å². The molecule has 124 valence electrons. The van der Waals surface area contributed by atoms with Crippen molar-refractivity contribution in [3.8, 4) is 11.3 Å². The van der Waals surface area contributed by atoms with Crippen molar-refractivity contribution >= 4 is 14.0 Å². The first-order chi connectivity index (χ1) is 11.6. The molecule has 5 nitrogen and oxygen atoms in total. The van der Waals surface area contributed by atoms with Crippen LogP contribution in [-0.2, 0) is 4.79 Å². The number of nitrogens with zero attached hydrogens (tertiary/aromatic N) is 2. The van der Waals surface area contributed by atoms with Gasteiger partial charge in [0.15, 0.2) is 7.98 Å². The third-order valence-corrected chi connectivity index (χ3v) is 5.60. The van der Waals surface area contributed by atoms with Crippen LogP contribution in [0.5, 0.6) is 0 Å². The second-order valence-electron chi connectivity index (χ2n) is 7.14. The minimum atomic E-state index is -0.663. The summed E-state index contributed by atoms with van der Waals surface area (Å²) in [5.74, 6) is 0.621. The van der Waals surface area contributed by atoms with Gasteiger partial charge < -0.3 is 14.9 Å². The Bertz CT molecular complexity index is 737. The third-order valence-electron chi connectivity index (χ3n) is 5.60. The molecule has 1 aliphatic heterocycles. The van der Waals surface area contributed by atoms with Crippen molar-refractivity contribution in [2.75, 3.05) is 6.54 Å². The Kier molecular flexibility index (Phi) is 3.92. The topological polar surface area (TPSA) is 69.2 Å². The Morgan fingerprint density at radius 1 is 1.29 bits per heavy atom. The van der Waals surface area contributed by atoms with Crippen LogP contribution in [0.3, 0.4) is 0 Å². The quantitative estimate of drug-likeness (QED) is 0.848. The van der Waals surface area contributed by atoms with Crippen molar-refractivity contribution in [2.24, 2.45) is 5.92 Å². The minimum Gasteiger partial charge on any atom is -0.481 e. The predicted octanol–water partition coefficient (Wildman–Crippen LogP) is 2.34. The molecule has 1 aliphatic carbocycles. The number of carboxylic acids is 1. The maximum Gasteiger partial charge on any atom is 0.306 e. The summed E-state index contributed by atoms with van der Waals surface area (Å²) in [6.07, 6.45) is 5.89. The highest BCUT2D eigenvalue weighted by Crippen LogP contribution is 2.42. The monoisotopic (exact) mass is 323 g/mol. The molecule has 0 bridgehead atoms. The zero-order valence-corrected chi connectivity index (χ0v) is 13.9. The molecule has 2 aliphatic rings. The fraction of sp³-hybridized carbons (Fsp3) is 0.444. The van der Waals surface area contributed by atoms with Gasteiger partial charge in [-0.3, -0.25) is 4.79 Å². The highest BCUT2D eigenvalue weighted by Gasteiger charge is 2.35.